The number of urea groups is 1. The number of carbonyl (C=O) groups is 1. The Morgan fingerprint density at radius 2 is 2.14 bits per heavy atom. The van der Waals surface area contributed by atoms with Gasteiger partial charge in [-0.2, -0.15) is 0 Å². The Balaban J connectivity index is 1.86. The molecule has 2 aromatic rings. The van der Waals surface area contributed by atoms with Gasteiger partial charge in [0.05, 0.1) is 19.3 Å². The predicted octanol–water partition coefficient (Wildman–Crippen LogP) is 2.43. The molecule has 0 aliphatic rings. The molecule has 2 rings (SSSR count). The Morgan fingerprint density at radius 3 is 2.86 bits per heavy atom. The normalized spacial score (nSPS) is 10.0. The summed E-state index contributed by atoms with van der Waals surface area (Å²) in [7, 11) is 3.37. The van der Waals surface area contributed by atoms with Crippen LogP contribution in [0.25, 0.3) is 0 Å². The number of benzene rings is 1. The van der Waals surface area contributed by atoms with Gasteiger partial charge in [-0.1, -0.05) is 18.2 Å². The van der Waals surface area contributed by atoms with Crippen LogP contribution < -0.4 is 10.1 Å². The van der Waals surface area contributed by atoms with Crippen molar-refractivity contribution in [1.29, 1.82) is 0 Å². The van der Waals surface area contributed by atoms with Crippen LogP contribution in [0.3, 0.4) is 0 Å². The van der Waals surface area contributed by atoms with Crippen LogP contribution in [-0.2, 0) is 13.1 Å². The fraction of sp³-hybridized carbons (Fsp3) is 0.250. The quantitative estimate of drug-likeness (QED) is 0.918. The second-order valence-electron chi connectivity index (χ2n) is 4.69. The Morgan fingerprint density at radius 1 is 1.29 bits per heavy atom. The second-order valence-corrected chi connectivity index (χ2v) is 4.69. The summed E-state index contributed by atoms with van der Waals surface area (Å²) in [6, 6.07) is 13.1. The molecule has 0 aliphatic heterocycles. The van der Waals surface area contributed by atoms with Gasteiger partial charge >= 0.3 is 6.03 Å². The minimum Gasteiger partial charge on any atom is -0.497 e. The summed E-state index contributed by atoms with van der Waals surface area (Å²) in [6.45, 7) is 0.938. The van der Waals surface area contributed by atoms with E-state index in [-0.39, 0.29) is 6.03 Å². The maximum atomic E-state index is 12.0. The number of nitrogens with one attached hydrogen (secondary N) is 1. The molecule has 21 heavy (non-hydrogen) atoms. The zero-order chi connectivity index (χ0) is 15.1. The van der Waals surface area contributed by atoms with Crippen molar-refractivity contribution in [2.75, 3.05) is 14.2 Å². The first-order valence-electron chi connectivity index (χ1n) is 6.71. The molecule has 1 N–H and O–H groups in total. The molecule has 5 nitrogen and oxygen atoms in total. The monoisotopic (exact) mass is 285 g/mol. The van der Waals surface area contributed by atoms with Crippen molar-refractivity contribution in [3.63, 3.8) is 0 Å². The summed E-state index contributed by atoms with van der Waals surface area (Å²) in [5.74, 6) is 0.781. The average molecular weight is 285 g/mol. The van der Waals surface area contributed by atoms with Crippen LogP contribution >= 0.6 is 0 Å². The summed E-state index contributed by atoms with van der Waals surface area (Å²) in [5.41, 5.74) is 1.85. The van der Waals surface area contributed by atoms with Crippen molar-refractivity contribution < 1.29 is 9.53 Å². The van der Waals surface area contributed by atoms with Crippen LogP contribution in [0, 0.1) is 0 Å². The van der Waals surface area contributed by atoms with Crippen LogP contribution in [0.5, 0.6) is 5.75 Å². The third kappa shape index (κ3) is 4.49. The van der Waals surface area contributed by atoms with E-state index in [1.807, 2.05) is 42.5 Å². The van der Waals surface area contributed by atoms with Gasteiger partial charge in [-0.25, -0.2) is 4.79 Å². The van der Waals surface area contributed by atoms with E-state index in [4.69, 9.17) is 4.74 Å². The lowest BCUT2D eigenvalue weighted by Gasteiger charge is -2.17. The Labute approximate surface area is 124 Å². The summed E-state index contributed by atoms with van der Waals surface area (Å²) in [6.07, 6.45) is 1.72. The van der Waals surface area contributed by atoms with Crippen LogP contribution in [0.15, 0.2) is 48.7 Å². The van der Waals surface area contributed by atoms with Crippen LogP contribution in [-0.4, -0.2) is 30.1 Å². The third-order valence-electron chi connectivity index (χ3n) is 3.05. The van der Waals surface area contributed by atoms with E-state index in [0.29, 0.717) is 13.1 Å². The lowest BCUT2D eigenvalue weighted by atomic mass is 10.2. The maximum absolute atomic E-state index is 12.0. The van der Waals surface area contributed by atoms with Crippen molar-refractivity contribution >= 4 is 6.03 Å². The Bertz CT molecular complexity index is 587. The SMILES string of the molecule is COc1cccc(CNC(=O)N(C)Cc2ccccn2)c1. The molecule has 1 aromatic heterocycles. The van der Waals surface area contributed by atoms with Crippen LogP contribution in [0.2, 0.25) is 0 Å². The van der Waals surface area contributed by atoms with E-state index in [0.717, 1.165) is 17.0 Å². The summed E-state index contributed by atoms with van der Waals surface area (Å²) in [4.78, 5) is 17.8. The first-order valence-corrected chi connectivity index (χ1v) is 6.71. The molecule has 0 fully saturated rings. The van der Waals surface area contributed by atoms with Gasteiger partial charge < -0.3 is 15.0 Å². The molecule has 2 amide bonds. The van der Waals surface area contributed by atoms with Crippen LogP contribution in [0.1, 0.15) is 11.3 Å². The van der Waals surface area contributed by atoms with Gasteiger partial charge in [-0.15, -0.1) is 0 Å². The Kier molecular flexibility index (Phi) is 5.15. The number of hydrogen-bond donors (Lipinski definition) is 1. The highest BCUT2D eigenvalue weighted by atomic mass is 16.5. The first kappa shape index (κ1) is 14.8. The molecule has 0 bridgehead atoms. The average Bonchev–Trinajstić information content (AvgIpc) is 2.53. The molecular formula is C16H19N3O2. The third-order valence-corrected chi connectivity index (χ3v) is 3.05. The van der Waals surface area contributed by atoms with Gasteiger partial charge in [-0.05, 0) is 29.8 Å². The number of pyridine rings is 1. The number of methoxy groups -OCH3 is 1. The molecule has 5 heteroatoms. The van der Waals surface area contributed by atoms with Gasteiger partial charge in [0, 0.05) is 19.8 Å². The van der Waals surface area contributed by atoms with Crippen LogP contribution in [0.4, 0.5) is 4.79 Å². The fourth-order valence-corrected chi connectivity index (χ4v) is 1.90. The summed E-state index contributed by atoms with van der Waals surface area (Å²) in [5, 5.41) is 2.87. The number of rotatable bonds is 5. The first-order chi connectivity index (χ1) is 10.2. The molecule has 0 unspecified atom stereocenters. The van der Waals surface area contributed by atoms with Gasteiger partial charge in [-0.3, -0.25) is 4.98 Å². The zero-order valence-electron chi connectivity index (χ0n) is 12.2. The van der Waals surface area contributed by atoms with E-state index >= 15 is 0 Å². The maximum Gasteiger partial charge on any atom is 0.317 e. The number of ether oxygens (including phenoxy) is 1. The molecule has 1 heterocycles. The molecule has 110 valence electrons. The number of aromatic nitrogens is 1. The molecule has 0 saturated heterocycles. The molecule has 0 saturated carbocycles. The molecule has 1 aromatic carbocycles. The molecule has 0 aliphatic carbocycles. The summed E-state index contributed by atoms with van der Waals surface area (Å²) < 4.78 is 5.16. The second kappa shape index (κ2) is 7.28. The molecule has 0 spiro atoms. The zero-order valence-corrected chi connectivity index (χ0v) is 12.2. The van der Waals surface area contributed by atoms with Crippen molar-refractivity contribution in [1.82, 2.24) is 15.2 Å². The lowest BCUT2D eigenvalue weighted by Crippen LogP contribution is -2.36. The Hall–Kier alpha value is -2.56. The number of amides is 2. The number of carbonyl (C=O) groups excluding carboxylic acids is 1. The molecular weight excluding hydrogens is 266 g/mol. The van der Waals surface area contributed by atoms with E-state index in [1.165, 1.54) is 0 Å². The van der Waals surface area contributed by atoms with Crippen molar-refractivity contribution in [3.05, 3.63) is 59.9 Å². The van der Waals surface area contributed by atoms with Gasteiger partial charge in [0.2, 0.25) is 0 Å². The van der Waals surface area contributed by atoms with Crippen molar-refractivity contribution in [2.24, 2.45) is 0 Å². The minimum absolute atomic E-state index is 0.136. The summed E-state index contributed by atoms with van der Waals surface area (Å²) >= 11 is 0. The van der Waals surface area contributed by atoms with Gasteiger partial charge in [0.15, 0.2) is 0 Å². The van der Waals surface area contributed by atoms with Crippen molar-refractivity contribution in [2.45, 2.75) is 13.1 Å². The van der Waals surface area contributed by atoms with E-state index < -0.39 is 0 Å². The highest BCUT2D eigenvalue weighted by Gasteiger charge is 2.09. The minimum atomic E-state index is -0.136. The smallest absolute Gasteiger partial charge is 0.317 e. The highest BCUT2D eigenvalue weighted by Crippen LogP contribution is 2.12. The topological polar surface area (TPSA) is 54.5 Å². The largest absolute Gasteiger partial charge is 0.497 e. The van der Waals surface area contributed by atoms with Gasteiger partial charge in [0.1, 0.15) is 5.75 Å². The number of nitrogens with zero attached hydrogens (tertiary/aromatic N) is 2. The number of hydrogen-bond acceptors (Lipinski definition) is 3. The molecule has 0 atom stereocenters. The highest BCUT2D eigenvalue weighted by molar-refractivity contribution is 5.73. The molecule has 0 radical (unpaired) electrons. The standard InChI is InChI=1S/C16H19N3O2/c1-19(12-14-7-3-4-9-17-14)16(20)18-11-13-6-5-8-15(10-13)21-2/h3-10H,11-12H2,1-2H3,(H,18,20). The van der Waals surface area contributed by atoms with E-state index in [9.17, 15) is 4.79 Å². The van der Waals surface area contributed by atoms with Crippen molar-refractivity contribution in [3.8, 4) is 5.75 Å². The van der Waals surface area contributed by atoms with E-state index in [1.54, 1.807) is 25.3 Å². The fourth-order valence-electron chi connectivity index (χ4n) is 1.90. The van der Waals surface area contributed by atoms with E-state index in [2.05, 4.69) is 10.3 Å². The lowest BCUT2D eigenvalue weighted by molar-refractivity contribution is 0.206. The van der Waals surface area contributed by atoms with Gasteiger partial charge in [0.25, 0.3) is 0 Å². The predicted molar refractivity (Wildman–Crippen MR) is 80.9 cm³/mol.